The Morgan fingerprint density at radius 1 is 0.714 bits per heavy atom. The first-order valence-electron chi connectivity index (χ1n) is 6.33. The maximum atomic E-state index is 9.38. The number of rotatable bonds is 1. The van der Waals surface area contributed by atoms with Gasteiger partial charge in [0.2, 0.25) is 0 Å². The zero-order valence-electron chi connectivity index (χ0n) is 10.9. The molecule has 1 aliphatic rings. The second-order valence-electron chi connectivity index (χ2n) is 5.06. The fourth-order valence-electron chi connectivity index (χ4n) is 3.10. The van der Waals surface area contributed by atoms with Crippen LogP contribution in [0.5, 0.6) is 0 Å². The van der Waals surface area contributed by atoms with Gasteiger partial charge in [-0.1, -0.05) is 42.5 Å². The minimum Gasteiger partial charge on any atom is -0.196 e. The number of hydrogen-bond donors (Lipinski definition) is 0. The Morgan fingerprint density at radius 3 is 1.81 bits per heavy atom. The molecule has 1 saturated carbocycles. The molecule has 0 aromatic heterocycles. The average molecular weight is 268 g/mol. The van der Waals surface area contributed by atoms with Crippen molar-refractivity contribution in [3.05, 3.63) is 48.0 Å². The molecule has 0 spiro atoms. The molecule has 0 N–H and O–H groups in total. The van der Waals surface area contributed by atoms with Crippen LogP contribution in [0.2, 0.25) is 0 Å². The molecule has 0 heterocycles. The average Bonchev–Trinajstić information content (AvgIpc) is 3.16. The topological polar surface area (TPSA) is 95.2 Å². The zero-order chi connectivity index (χ0) is 15.1. The van der Waals surface area contributed by atoms with Crippen LogP contribution in [0.15, 0.2) is 42.5 Å². The highest BCUT2D eigenvalue weighted by atomic mass is 14.8. The van der Waals surface area contributed by atoms with Crippen molar-refractivity contribution in [2.75, 3.05) is 0 Å². The van der Waals surface area contributed by atoms with Gasteiger partial charge >= 0.3 is 0 Å². The third kappa shape index (κ3) is 1.29. The summed E-state index contributed by atoms with van der Waals surface area (Å²) in [6.45, 7) is 0. The van der Waals surface area contributed by atoms with Gasteiger partial charge in [-0.15, -0.1) is 0 Å². The summed E-state index contributed by atoms with van der Waals surface area (Å²) in [5, 5.41) is 39.4. The summed E-state index contributed by atoms with van der Waals surface area (Å²) in [7, 11) is 0. The number of fused-ring (bicyclic) bond motifs is 1. The standard InChI is InChI=1S/C17H8N4/c18-8-16(9-19)15(17(16,10-20)11-21)14-7-3-5-12-4-1-2-6-13(12)14/h1-7,15H. The molecule has 0 saturated heterocycles. The molecule has 1 fully saturated rings. The molecule has 21 heavy (non-hydrogen) atoms. The SMILES string of the molecule is N#CC1(C#N)C(c2cccc3ccccc23)C1(C#N)C#N. The number of nitriles is 4. The van der Waals surface area contributed by atoms with E-state index in [0.717, 1.165) is 10.8 Å². The van der Waals surface area contributed by atoms with E-state index in [1.807, 2.05) is 60.7 Å². The van der Waals surface area contributed by atoms with Gasteiger partial charge in [0.1, 0.15) is 0 Å². The molecule has 0 bridgehead atoms. The second-order valence-corrected chi connectivity index (χ2v) is 5.06. The fraction of sp³-hybridized carbons (Fsp3) is 0.176. The minimum absolute atomic E-state index is 0.707. The quantitative estimate of drug-likeness (QED) is 0.794. The van der Waals surface area contributed by atoms with Gasteiger partial charge in [0.25, 0.3) is 0 Å². The highest BCUT2D eigenvalue weighted by molar-refractivity contribution is 5.88. The summed E-state index contributed by atoms with van der Waals surface area (Å²) in [6, 6.07) is 20.7. The van der Waals surface area contributed by atoms with Crippen molar-refractivity contribution in [2.24, 2.45) is 10.8 Å². The Bertz CT molecular complexity index is 843. The summed E-state index contributed by atoms with van der Waals surface area (Å²) in [6.07, 6.45) is 0. The van der Waals surface area contributed by atoms with Crippen LogP contribution in [-0.4, -0.2) is 0 Å². The highest BCUT2D eigenvalue weighted by Gasteiger charge is 2.82. The molecule has 0 amide bonds. The third-order valence-corrected chi connectivity index (χ3v) is 4.24. The van der Waals surface area contributed by atoms with Crippen LogP contribution < -0.4 is 0 Å². The molecule has 2 aromatic rings. The summed E-state index contributed by atoms with van der Waals surface area (Å²) in [4.78, 5) is 0. The fourth-order valence-corrected chi connectivity index (χ4v) is 3.10. The van der Waals surface area contributed by atoms with E-state index in [0.29, 0.717) is 5.56 Å². The van der Waals surface area contributed by atoms with Crippen molar-refractivity contribution in [1.29, 1.82) is 21.0 Å². The first-order valence-corrected chi connectivity index (χ1v) is 6.33. The van der Waals surface area contributed by atoms with Gasteiger partial charge < -0.3 is 0 Å². The Hall–Kier alpha value is -3.34. The monoisotopic (exact) mass is 268 g/mol. The molecule has 2 aromatic carbocycles. The predicted molar refractivity (Wildman–Crippen MR) is 74.0 cm³/mol. The van der Waals surface area contributed by atoms with E-state index in [1.54, 1.807) is 6.07 Å². The largest absolute Gasteiger partial charge is 0.196 e. The van der Waals surface area contributed by atoms with Crippen LogP contribution in [-0.2, 0) is 0 Å². The van der Waals surface area contributed by atoms with Crippen LogP contribution in [0.4, 0.5) is 0 Å². The lowest BCUT2D eigenvalue weighted by Gasteiger charge is -2.05. The van der Waals surface area contributed by atoms with Crippen molar-refractivity contribution >= 4 is 10.8 Å². The number of hydrogen-bond acceptors (Lipinski definition) is 4. The van der Waals surface area contributed by atoms with E-state index < -0.39 is 16.7 Å². The molecule has 96 valence electrons. The Morgan fingerprint density at radius 2 is 1.24 bits per heavy atom. The molecule has 4 heteroatoms. The first-order chi connectivity index (χ1) is 10.2. The lowest BCUT2D eigenvalue weighted by Crippen LogP contribution is -2.05. The summed E-state index contributed by atoms with van der Waals surface area (Å²) >= 11 is 0. The summed E-state index contributed by atoms with van der Waals surface area (Å²) in [5.41, 5.74) is -2.49. The Kier molecular flexibility index (Phi) is 2.46. The van der Waals surface area contributed by atoms with Gasteiger partial charge in [-0.05, 0) is 16.3 Å². The number of nitrogens with zero attached hydrogens (tertiary/aromatic N) is 4. The smallest absolute Gasteiger partial charge is 0.185 e. The van der Waals surface area contributed by atoms with Crippen molar-refractivity contribution in [2.45, 2.75) is 5.92 Å². The van der Waals surface area contributed by atoms with Crippen LogP contribution in [0, 0.1) is 56.2 Å². The van der Waals surface area contributed by atoms with E-state index in [-0.39, 0.29) is 0 Å². The number of benzene rings is 2. The lowest BCUT2D eigenvalue weighted by molar-refractivity contribution is 0.727. The van der Waals surface area contributed by atoms with Crippen molar-refractivity contribution in [1.82, 2.24) is 0 Å². The van der Waals surface area contributed by atoms with E-state index in [4.69, 9.17) is 0 Å². The Balaban J connectivity index is 2.31. The molecule has 0 aliphatic heterocycles. The van der Waals surface area contributed by atoms with Crippen LogP contribution in [0.3, 0.4) is 0 Å². The van der Waals surface area contributed by atoms with Gasteiger partial charge in [-0.2, -0.15) is 21.0 Å². The molecule has 3 rings (SSSR count). The first kappa shape index (κ1) is 12.7. The molecule has 0 atom stereocenters. The van der Waals surface area contributed by atoms with Gasteiger partial charge in [0.15, 0.2) is 10.8 Å². The second kappa shape index (κ2) is 4.08. The maximum absolute atomic E-state index is 9.38. The molecular weight excluding hydrogens is 260 g/mol. The van der Waals surface area contributed by atoms with Gasteiger partial charge in [-0.25, -0.2) is 0 Å². The molecule has 0 unspecified atom stereocenters. The van der Waals surface area contributed by atoms with Crippen LogP contribution in [0.25, 0.3) is 10.8 Å². The minimum atomic E-state index is -1.60. The van der Waals surface area contributed by atoms with E-state index in [2.05, 4.69) is 0 Å². The lowest BCUT2D eigenvalue weighted by atomic mass is 9.96. The van der Waals surface area contributed by atoms with Crippen molar-refractivity contribution < 1.29 is 0 Å². The highest BCUT2D eigenvalue weighted by Crippen LogP contribution is 2.73. The van der Waals surface area contributed by atoms with E-state index in [9.17, 15) is 21.0 Å². The van der Waals surface area contributed by atoms with Gasteiger partial charge in [0.05, 0.1) is 30.2 Å². The summed E-state index contributed by atoms with van der Waals surface area (Å²) < 4.78 is 0. The normalized spacial score (nSPS) is 17.9. The van der Waals surface area contributed by atoms with Gasteiger partial charge in [0, 0.05) is 0 Å². The van der Waals surface area contributed by atoms with Crippen molar-refractivity contribution in [3.63, 3.8) is 0 Å². The van der Waals surface area contributed by atoms with E-state index in [1.165, 1.54) is 0 Å². The van der Waals surface area contributed by atoms with Crippen molar-refractivity contribution in [3.8, 4) is 24.3 Å². The maximum Gasteiger partial charge on any atom is 0.185 e. The molecule has 1 aliphatic carbocycles. The zero-order valence-corrected chi connectivity index (χ0v) is 10.9. The molecular formula is C17H8N4. The van der Waals surface area contributed by atoms with Crippen LogP contribution >= 0.6 is 0 Å². The summed E-state index contributed by atoms with van der Waals surface area (Å²) in [5.74, 6) is -0.707. The van der Waals surface area contributed by atoms with Crippen LogP contribution in [0.1, 0.15) is 11.5 Å². The Labute approximate surface area is 121 Å². The third-order valence-electron chi connectivity index (χ3n) is 4.24. The van der Waals surface area contributed by atoms with E-state index >= 15 is 0 Å². The molecule has 4 nitrogen and oxygen atoms in total. The predicted octanol–water partition coefficient (Wildman–Crippen LogP) is 3.00. The van der Waals surface area contributed by atoms with Gasteiger partial charge in [-0.3, -0.25) is 0 Å². The molecule has 0 radical (unpaired) electrons.